The molecule has 2 N–H and O–H groups in total. The SMILES string of the molecule is COc1ccc(COC(=O)C2=C(COC(=O)C(F)(F)F)CSC3C(CC(=O)/C(=N\OC(C)(C)C(=O)OC(C)(C)C)c4nsc(N)n4)C(=O)N23)cc1. The maximum atomic E-state index is 13.6. The van der Waals surface area contributed by atoms with Crippen LogP contribution in [0.4, 0.5) is 18.3 Å². The molecule has 3 heterocycles. The Bertz CT molecular complexity index is 1750. The monoisotopic (exact) mass is 757 g/mol. The lowest BCUT2D eigenvalue weighted by atomic mass is 9.89. The van der Waals surface area contributed by atoms with Crippen molar-refractivity contribution in [2.24, 2.45) is 11.1 Å². The molecular weight excluding hydrogens is 723 g/mol. The van der Waals surface area contributed by atoms with Gasteiger partial charge in [-0.3, -0.25) is 14.5 Å². The van der Waals surface area contributed by atoms with Crippen molar-refractivity contribution >= 4 is 63.7 Å². The van der Waals surface area contributed by atoms with Gasteiger partial charge in [-0.15, -0.1) is 11.8 Å². The van der Waals surface area contributed by atoms with Crippen molar-refractivity contribution in [1.29, 1.82) is 0 Å². The number of methoxy groups -OCH3 is 1. The molecule has 2 unspecified atom stereocenters. The van der Waals surface area contributed by atoms with Gasteiger partial charge < -0.3 is 29.5 Å². The number of hydrogen-bond donors (Lipinski definition) is 1. The number of ether oxygens (including phenoxy) is 4. The maximum Gasteiger partial charge on any atom is 0.490 e. The minimum atomic E-state index is -5.29. The number of anilines is 1. The number of halogens is 3. The number of nitrogens with two attached hydrogens (primary N) is 1. The predicted octanol–water partition coefficient (Wildman–Crippen LogP) is 3.56. The quantitative estimate of drug-likeness (QED) is 0.102. The number of benzene rings is 1. The van der Waals surface area contributed by atoms with E-state index in [9.17, 15) is 37.1 Å². The van der Waals surface area contributed by atoms with Crippen LogP contribution in [0.15, 0.2) is 40.7 Å². The predicted molar refractivity (Wildman–Crippen MR) is 175 cm³/mol. The molecular formula is C31H34F3N5O10S2. The fourth-order valence-corrected chi connectivity index (χ4v) is 6.36. The molecule has 0 spiro atoms. The van der Waals surface area contributed by atoms with Crippen molar-refractivity contribution in [3.8, 4) is 5.75 Å². The summed E-state index contributed by atoms with van der Waals surface area (Å²) >= 11 is 1.79. The zero-order chi connectivity index (χ0) is 37.9. The Morgan fingerprint density at radius 1 is 1.02 bits per heavy atom. The summed E-state index contributed by atoms with van der Waals surface area (Å²) in [5, 5.41) is 3.03. The highest BCUT2D eigenvalue weighted by atomic mass is 32.2. The van der Waals surface area contributed by atoms with Gasteiger partial charge in [0.15, 0.2) is 16.6 Å². The molecule has 20 heteroatoms. The van der Waals surface area contributed by atoms with E-state index in [2.05, 4.69) is 19.3 Å². The Kier molecular flexibility index (Phi) is 11.7. The third-order valence-corrected chi connectivity index (χ3v) is 9.01. The van der Waals surface area contributed by atoms with Gasteiger partial charge in [-0.25, -0.2) is 14.4 Å². The summed E-state index contributed by atoms with van der Waals surface area (Å²) in [6.45, 7) is 6.48. The molecule has 2 atom stereocenters. The number of ketones is 1. The summed E-state index contributed by atoms with van der Waals surface area (Å²) in [4.78, 5) is 75.2. The third-order valence-electron chi connectivity index (χ3n) is 7.07. The van der Waals surface area contributed by atoms with Crippen LogP contribution in [0.1, 0.15) is 52.4 Å². The first kappa shape index (κ1) is 39.1. The van der Waals surface area contributed by atoms with Gasteiger partial charge in [0.2, 0.25) is 17.3 Å². The molecule has 2 aliphatic heterocycles. The molecule has 2 aliphatic rings. The van der Waals surface area contributed by atoms with Gasteiger partial charge >= 0.3 is 24.1 Å². The average Bonchev–Trinajstić information content (AvgIpc) is 3.48. The molecule has 4 rings (SSSR count). The Labute approximate surface area is 297 Å². The van der Waals surface area contributed by atoms with E-state index in [4.69, 9.17) is 24.8 Å². The van der Waals surface area contributed by atoms with Gasteiger partial charge in [0.25, 0.3) is 0 Å². The van der Waals surface area contributed by atoms with Gasteiger partial charge in [0, 0.05) is 29.3 Å². The Morgan fingerprint density at radius 3 is 2.25 bits per heavy atom. The van der Waals surface area contributed by atoms with Crippen molar-refractivity contribution in [2.45, 2.75) is 70.4 Å². The molecule has 51 heavy (non-hydrogen) atoms. The summed E-state index contributed by atoms with van der Waals surface area (Å²) in [5.74, 6) is -6.71. The van der Waals surface area contributed by atoms with Crippen LogP contribution in [0.3, 0.4) is 0 Å². The average molecular weight is 758 g/mol. The molecule has 2 aromatic rings. The number of carbonyl (C=O) groups is 5. The number of oxime groups is 1. The van der Waals surface area contributed by atoms with Crippen LogP contribution in [0.2, 0.25) is 0 Å². The molecule has 1 amide bonds. The number of fused-ring (bicyclic) bond motifs is 1. The highest BCUT2D eigenvalue weighted by Crippen LogP contribution is 2.46. The van der Waals surface area contributed by atoms with Crippen LogP contribution in [0.5, 0.6) is 5.75 Å². The highest BCUT2D eigenvalue weighted by Gasteiger charge is 2.55. The van der Waals surface area contributed by atoms with E-state index in [1.54, 1.807) is 45.0 Å². The van der Waals surface area contributed by atoms with E-state index in [-0.39, 0.29) is 28.9 Å². The van der Waals surface area contributed by atoms with Crippen LogP contribution in [-0.2, 0) is 49.6 Å². The minimum Gasteiger partial charge on any atom is -0.497 e. The van der Waals surface area contributed by atoms with Gasteiger partial charge in [0.05, 0.1) is 18.4 Å². The van der Waals surface area contributed by atoms with Crippen LogP contribution < -0.4 is 10.5 Å². The third kappa shape index (κ3) is 9.54. The van der Waals surface area contributed by atoms with Gasteiger partial charge in [-0.2, -0.15) is 22.5 Å². The van der Waals surface area contributed by atoms with E-state index in [0.29, 0.717) is 11.3 Å². The van der Waals surface area contributed by atoms with E-state index >= 15 is 0 Å². The number of nitrogens with zero attached hydrogens (tertiary/aromatic N) is 4. The van der Waals surface area contributed by atoms with Crippen LogP contribution in [0.25, 0.3) is 0 Å². The van der Waals surface area contributed by atoms with Crippen molar-refractivity contribution in [1.82, 2.24) is 14.3 Å². The van der Waals surface area contributed by atoms with Crippen molar-refractivity contribution in [2.75, 3.05) is 25.2 Å². The second kappa shape index (κ2) is 15.3. The maximum absolute atomic E-state index is 13.6. The lowest BCUT2D eigenvalue weighted by Gasteiger charge is -2.49. The lowest BCUT2D eigenvalue weighted by molar-refractivity contribution is -0.198. The molecule has 1 fully saturated rings. The second-order valence-electron chi connectivity index (χ2n) is 12.6. The van der Waals surface area contributed by atoms with Crippen LogP contribution in [-0.4, -0.2) is 91.8 Å². The fourth-order valence-electron chi connectivity index (χ4n) is 4.53. The Hall–Kier alpha value is -4.72. The molecule has 276 valence electrons. The number of nitrogen functional groups attached to an aromatic ring is 1. The highest BCUT2D eigenvalue weighted by molar-refractivity contribution is 8.00. The van der Waals surface area contributed by atoms with Gasteiger partial charge in [-0.1, -0.05) is 17.3 Å². The number of alkyl halides is 3. The van der Waals surface area contributed by atoms with Gasteiger partial charge in [0.1, 0.15) is 30.3 Å². The molecule has 0 radical (unpaired) electrons. The molecule has 1 aromatic heterocycles. The number of Topliss-reactive ketones (excluding diaryl/α,β-unsaturated/α-hetero) is 1. The summed E-state index contributed by atoms with van der Waals surface area (Å²) in [7, 11) is 1.47. The number of hydrogen-bond acceptors (Lipinski definition) is 16. The number of amides is 1. The number of esters is 3. The van der Waals surface area contributed by atoms with E-state index in [1.807, 2.05) is 0 Å². The number of carbonyl (C=O) groups excluding carboxylic acids is 5. The van der Waals surface area contributed by atoms with E-state index in [1.165, 1.54) is 21.0 Å². The molecule has 15 nitrogen and oxygen atoms in total. The van der Waals surface area contributed by atoms with Crippen molar-refractivity contribution in [3.63, 3.8) is 0 Å². The summed E-state index contributed by atoms with van der Waals surface area (Å²) in [5.41, 5.74) is 2.78. The van der Waals surface area contributed by atoms with Crippen molar-refractivity contribution < 1.29 is 60.9 Å². The van der Waals surface area contributed by atoms with Crippen LogP contribution >= 0.6 is 23.3 Å². The minimum absolute atomic E-state index is 0.00711. The fraction of sp³-hybridized carbons (Fsp3) is 0.484. The van der Waals surface area contributed by atoms with E-state index in [0.717, 1.165) is 28.2 Å². The number of β-lactam (4-membered cyclic amide) rings is 1. The summed E-state index contributed by atoms with van der Waals surface area (Å²) < 4.78 is 62.9. The molecule has 1 saturated heterocycles. The lowest BCUT2D eigenvalue weighted by Crippen LogP contribution is -2.62. The smallest absolute Gasteiger partial charge is 0.490 e. The summed E-state index contributed by atoms with van der Waals surface area (Å²) in [6, 6.07) is 6.47. The summed E-state index contributed by atoms with van der Waals surface area (Å²) in [6.07, 6.45) is -5.78. The molecule has 0 aliphatic carbocycles. The van der Waals surface area contributed by atoms with Crippen LogP contribution in [0, 0.1) is 5.92 Å². The first-order valence-electron chi connectivity index (χ1n) is 15.0. The number of thioether (sulfide) groups is 1. The largest absolute Gasteiger partial charge is 0.497 e. The second-order valence-corrected chi connectivity index (χ2v) is 14.5. The topological polar surface area (TPSA) is 199 Å². The molecule has 0 saturated carbocycles. The zero-order valence-corrected chi connectivity index (χ0v) is 29.8. The standard InChI is InChI=1S/C31H34F3N5O10S2/c1-29(2,3)48-26(43)30(4,5)49-37-20(22-36-28(35)51-38-22)19(40)11-18-23(41)39-21(25(42)46-12-15-7-9-17(45-6)10-8-15)16(14-50-24(18)39)13-47-27(44)31(32,33)34/h7-10,18,24H,11-14H2,1-6H3,(H2,35,36,38)/b37-20+. The first-order valence-corrected chi connectivity index (χ1v) is 16.9. The first-order chi connectivity index (χ1) is 23.7. The molecule has 1 aromatic carbocycles. The zero-order valence-electron chi connectivity index (χ0n) is 28.2. The van der Waals surface area contributed by atoms with E-state index < -0.39 is 82.7 Å². The Balaban J connectivity index is 1.56. The number of aromatic nitrogens is 2. The van der Waals surface area contributed by atoms with Crippen molar-refractivity contribution in [3.05, 3.63) is 46.9 Å². The number of rotatable bonds is 13. The Morgan fingerprint density at radius 2 is 1.69 bits per heavy atom. The van der Waals surface area contributed by atoms with Gasteiger partial charge in [-0.05, 0) is 52.3 Å². The molecule has 0 bridgehead atoms. The normalized spacial score (nSPS) is 18.0.